The molecule has 1 saturated carbocycles. The smallest absolute Gasteiger partial charge is 0.226 e. The van der Waals surface area contributed by atoms with Gasteiger partial charge in [0.05, 0.1) is 4.90 Å². The summed E-state index contributed by atoms with van der Waals surface area (Å²) in [6, 6.07) is 0.505. The summed E-state index contributed by atoms with van der Waals surface area (Å²) in [6.07, 6.45) is 2.35. The first-order valence-electron chi connectivity index (χ1n) is 4.93. The molecule has 0 amide bonds. The summed E-state index contributed by atoms with van der Waals surface area (Å²) in [4.78, 5) is 9.14. The summed E-state index contributed by atoms with van der Waals surface area (Å²) in [5.41, 5.74) is 5.81. The molecule has 1 heterocycles. The summed E-state index contributed by atoms with van der Waals surface area (Å²) in [6.45, 7) is 2.04. The molecular formula is C9H13ClN4S. The van der Waals surface area contributed by atoms with Crippen molar-refractivity contribution in [1.82, 2.24) is 9.97 Å². The third-order valence-corrected chi connectivity index (χ3v) is 3.42. The van der Waals surface area contributed by atoms with Crippen LogP contribution in [0.2, 0.25) is 5.15 Å². The van der Waals surface area contributed by atoms with Crippen molar-refractivity contribution in [2.75, 3.05) is 16.8 Å². The van der Waals surface area contributed by atoms with E-state index in [1.54, 1.807) is 11.8 Å². The van der Waals surface area contributed by atoms with E-state index in [9.17, 15) is 0 Å². The number of nitrogen functional groups attached to an aromatic ring is 1. The summed E-state index contributed by atoms with van der Waals surface area (Å²) >= 11 is 7.59. The predicted molar refractivity (Wildman–Crippen MR) is 64.5 cm³/mol. The molecule has 82 valence electrons. The maximum atomic E-state index is 6.03. The van der Waals surface area contributed by atoms with Crippen molar-refractivity contribution < 1.29 is 0 Å². The van der Waals surface area contributed by atoms with Crippen molar-refractivity contribution in [3.05, 3.63) is 5.15 Å². The number of aromatic nitrogens is 2. The van der Waals surface area contributed by atoms with E-state index in [-0.39, 0.29) is 0 Å². The number of nitrogens with one attached hydrogen (secondary N) is 1. The maximum absolute atomic E-state index is 6.03. The second kappa shape index (κ2) is 4.45. The molecule has 0 aromatic carbocycles. The van der Waals surface area contributed by atoms with E-state index in [0.717, 1.165) is 10.6 Å². The molecule has 0 radical (unpaired) electrons. The minimum Gasteiger partial charge on any atom is -0.383 e. The molecule has 1 aromatic rings. The van der Waals surface area contributed by atoms with Crippen molar-refractivity contribution in [3.8, 4) is 0 Å². The van der Waals surface area contributed by atoms with Crippen molar-refractivity contribution in [2.45, 2.75) is 30.7 Å². The van der Waals surface area contributed by atoms with Crippen LogP contribution in [0, 0.1) is 0 Å². The number of nitrogens with two attached hydrogens (primary N) is 1. The van der Waals surface area contributed by atoms with Gasteiger partial charge in [-0.15, -0.1) is 11.8 Å². The Morgan fingerprint density at radius 3 is 2.80 bits per heavy atom. The lowest BCUT2D eigenvalue weighted by Crippen LogP contribution is -2.08. The molecule has 3 N–H and O–H groups in total. The standard InChI is InChI=1S/C9H13ClN4S/c1-2-15-6-7(10)13-9(14-8(6)11)12-5-3-4-5/h5H,2-4H2,1H3,(H3,11,12,13,14). The van der Waals surface area contributed by atoms with Gasteiger partial charge >= 0.3 is 0 Å². The van der Waals surface area contributed by atoms with Crippen molar-refractivity contribution in [3.63, 3.8) is 0 Å². The average Bonchev–Trinajstić information content (AvgIpc) is 2.95. The number of hydrogen-bond donors (Lipinski definition) is 2. The van der Waals surface area contributed by atoms with Crippen LogP contribution in [0.5, 0.6) is 0 Å². The Morgan fingerprint density at radius 2 is 2.27 bits per heavy atom. The zero-order valence-corrected chi connectivity index (χ0v) is 10.0. The molecule has 1 fully saturated rings. The zero-order chi connectivity index (χ0) is 10.8. The first-order chi connectivity index (χ1) is 7.20. The Labute approximate surface area is 98.0 Å². The van der Waals surface area contributed by atoms with Crippen LogP contribution in [-0.2, 0) is 0 Å². The van der Waals surface area contributed by atoms with Gasteiger partial charge in [0, 0.05) is 6.04 Å². The van der Waals surface area contributed by atoms with Gasteiger partial charge in [-0.1, -0.05) is 18.5 Å². The molecule has 0 aliphatic heterocycles. The largest absolute Gasteiger partial charge is 0.383 e. The average molecular weight is 245 g/mol. The van der Waals surface area contributed by atoms with Crippen LogP contribution < -0.4 is 11.1 Å². The lowest BCUT2D eigenvalue weighted by atomic mass is 10.6. The van der Waals surface area contributed by atoms with E-state index in [4.69, 9.17) is 17.3 Å². The molecule has 4 nitrogen and oxygen atoms in total. The normalized spacial score (nSPS) is 15.3. The Bertz CT molecular complexity index is 344. The van der Waals surface area contributed by atoms with E-state index in [0.29, 0.717) is 23.0 Å². The van der Waals surface area contributed by atoms with Gasteiger partial charge in [0.2, 0.25) is 5.95 Å². The Morgan fingerprint density at radius 1 is 1.53 bits per heavy atom. The van der Waals surface area contributed by atoms with Crippen LogP contribution in [0.25, 0.3) is 0 Å². The van der Waals surface area contributed by atoms with Gasteiger partial charge in [0.1, 0.15) is 11.0 Å². The lowest BCUT2D eigenvalue weighted by molar-refractivity contribution is 1.03. The predicted octanol–water partition coefficient (Wildman–Crippen LogP) is 2.40. The number of hydrogen-bond acceptors (Lipinski definition) is 5. The lowest BCUT2D eigenvalue weighted by Gasteiger charge is -2.08. The Hall–Kier alpha value is -0.680. The van der Waals surface area contributed by atoms with E-state index in [1.165, 1.54) is 12.8 Å². The number of nitrogens with zero attached hydrogens (tertiary/aromatic N) is 2. The van der Waals surface area contributed by atoms with Crippen molar-refractivity contribution >= 4 is 35.1 Å². The monoisotopic (exact) mass is 244 g/mol. The topological polar surface area (TPSA) is 63.8 Å². The summed E-state index contributed by atoms with van der Waals surface area (Å²) < 4.78 is 0. The SMILES string of the molecule is CCSc1c(N)nc(NC2CC2)nc1Cl. The number of rotatable bonds is 4. The van der Waals surface area contributed by atoms with Crippen LogP contribution >= 0.6 is 23.4 Å². The fraction of sp³-hybridized carbons (Fsp3) is 0.556. The van der Waals surface area contributed by atoms with Crippen LogP contribution in [0.4, 0.5) is 11.8 Å². The first kappa shape index (κ1) is 10.8. The zero-order valence-electron chi connectivity index (χ0n) is 8.46. The molecular weight excluding hydrogens is 232 g/mol. The number of anilines is 2. The number of halogens is 1. The second-order valence-electron chi connectivity index (χ2n) is 3.40. The fourth-order valence-corrected chi connectivity index (χ4v) is 2.18. The maximum Gasteiger partial charge on any atom is 0.226 e. The Balaban J connectivity index is 2.20. The molecule has 0 saturated heterocycles. The van der Waals surface area contributed by atoms with Crippen LogP contribution in [0.1, 0.15) is 19.8 Å². The van der Waals surface area contributed by atoms with E-state index in [2.05, 4.69) is 15.3 Å². The van der Waals surface area contributed by atoms with E-state index in [1.807, 2.05) is 6.92 Å². The highest BCUT2D eigenvalue weighted by atomic mass is 35.5. The van der Waals surface area contributed by atoms with Gasteiger partial charge in [-0.25, -0.2) is 0 Å². The molecule has 1 aromatic heterocycles. The van der Waals surface area contributed by atoms with Crippen LogP contribution in [0.3, 0.4) is 0 Å². The van der Waals surface area contributed by atoms with Crippen LogP contribution in [-0.4, -0.2) is 21.8 Å². The van der Waals surface area contributed by atoms with Crippen molar-refractivity contribution in [1.29, 1.82) is 0 Å². The molecule has 1 aliphatic carbocycles. The summed E-state index contributed by atoms with van der Waals surface area (Å²) in [7, 11) is 0. The van der Waals surface area contributed by atoms with Gasteiger partial charge in [0.25, 0.3) is 0 Å². The minimum atomic E-state index is 0.442. The quantitative estimate of drug-likeness (QED) is 0.629. The molecule has 1 aliphatic rings. The highest BCUT2D eigenvalue weighted by molar-refractivity contribution is 7.99. The van der Waals surface area contributed by atoms with Crippen molar-refractivity contribution in [2.24, 2.45) is 0 Å². The van der Waals surface area contributed by atoms with E-state index < -0.39 is 0 Å². The van der Waals surface area contributed by atoms with Gasteiger partial charge in [-0.05, 0) is 18.6 Å². The molecule has 6 heteroatoms. The van der Waals surface area contributed by atoms with Gasteiger partial charge in [-0.3, -0.25) is 0 Å². The summed E-state index contributed by atoms with van der Waals surface area (Å²) in [5.74, 6) is 1.91. The van der Waals surface area contributed by atoms with E-state index >= 15 is 0 Å². The fourth-order valence-electron chi connectivity index (χ4n) is 1.19. The van der Waals surface area contributed by atoms with Gasteiger partial charge in [0.15, 0.2) is 0 Å². The molecule has 0 unspecified atom stereocenters. The third kappa shape index (κ3) is 2.66. The molecule has 15 heavy (non-hydrogen) atoms. The third-order valence-electron chi connectivity index (χ3n) is 2.05. The minimum absolute atomic E-state index is 0.442. The highest BCUT2D eigenvalue weighted by Crippen LogP contribution is 2.32. The van der Waals surface area contributed by atoms with Gasteiger partial charge < -0.3 is 11.1 Å². The first-order valence-corrected chi connectivity index (χ1v) is 6.29. The molecule has 0 atom stereocenters. The molecule has 0 bridgehead atoms. The van der Waals surface area contributed by atoms with Crippen LogP contribution in [0.15, 0.2) is 4.90 Å². The summed E-state index contributed by atoms with van der Waals surface area (Å²) in [5, 5.41) is 3.61. The molecule has 2 rings (SSSR count). The Kier molecular flexibility index (Phi) is 3.21. The highest BCUT2D eigenvalue weighted by Gasteiger charge is 2.22. The van der Waals surface area contributed by atoms with Gasteiger partial charge in [-0.2, -0.15) is 9.97 Å². The molecule has 0 spiro atoms. The second-order valence-corrected chi connectivity index (χ2v) is 5.04. The number of thioether (sulfide) groups is 1.